The molecule has 0 aliphatic rings. The fourth-order valence-electron chi connectivity index (χ4n) is 1.58. The first-order valence-electron chi connectivity index (χ1n) is 6.15. The maximum atomic E-state index is 10.8. The van der Waals surface area contributed by atoms with Crippen molar-refractivity contribution in [3.8, 4) is 0 Å². The zero-order chi connectivity index (χ0) is 13.5. The number of H-pyrrole nitrogens is 1. The Balaban J connectivity index is 1.86. The van der Waals surface area contributed by atoms with Gasteiger partial charge in [-0.1, -0.05) is 0 Å². The number of hydrogen-bond donors (Lipinski definition) is 3. The average molecular weight is 259 g/mol. The maximum Gasteiger partial charge on any atom is 0.131 e. The lowest BCUT2D eigenvalue weighted by Gasteiger charge is -2.07. The Bertz CT molecular complexity index is 524. The predicted octanol–water partition coefficient (Wildman–Crippen LogP) is 1.81. The molecule has 0 unspecified atom stereocenters. The predicted molar refractivity (Wildman–Crippen MR) is 73.9 cm³/mol. The maximum absolute atomic E-state index is 10.8. The lowest BCUT2D eigenvalue weighted by molar-refractivity contribution is -0.116. The Labute approximate surface area is 111 Å². The highest BCUT2D eigenvalue weighted by molar-refractivity contribution is 5.75. The summed E-state index contributed by atoms with van der Waals surface area (Å²) in [6.45, 7) is 2.84. The number of carbonyl (C=O) groups excluding carboxylic acids is 1. The minimum Gasteiger partial charge on any atom is -0.369 e. The van der Waals surface area contributed by atoms with Gasteiger partial charge in [0.1, 0.15) is 23.7 Å². The van der Waals surface area contributed by atoms with E-state index in [-0.39, 0.29) is 5.78 Å². The molecule has 0 aliphatic heterocycles. The molecule has 100 valence electrons. The lowest BCUT2D eigenvalue weighted by atomic mass is 10.3. The van der Waals surface area contributed by atoms with Crippen molar-refractivity contribution in [2.75, 3.05) is 17.2 Å². The molecule has 6 heteroatoms. The van der Waals surface area contributed by atoms with E-state index >= 15 is 0 Å². The first-order valence-corrected chi connectivity index (χ1v) is 6.15. The van der Waals surface area contributed by atoms with Crippen molar-refractivity contribution < 1.29 is 4.79 Å². The Hall–Kier alpha value is -2.37. The number of anilines is 2. The molecule has 6 nitrogen and oxygen atoms in total. The summed E-state index contributed by atoms with van der Waals surface area (Å²) in [4.78, 5) is 22.2. The lowest BCUT2D eigenvalue weighted by Crippen LogP contribution is -2.08. The molecule has 0 fully saturated rings. The van der Waals surface area contributed by atoms with E-state index in [1.165, 1.54) is 6.33 Å². The standard InChI is InChI=1S/C13H17N5O/c1-10(19)4-6-15-12-7-13(18-9-17-12)16-8-11-3-2-5-14-11/h2-3,5,7,9,14H,4,6,8H2,1H3,(H2,15,16,17,18). The van der Waals surface area contributed by atoms with Crippen LogP contribution in [0.1, 0.15) is 19.0 Å². The van der Waals surface area contributed by atoms with Crippen molar-refractivity contribution in [3.63, 3.8) is 0 Å². The van der Waals surface area contributed by atoms with Gasteiger partial charge in [0.2, 0.25) is 0 Å². The molecule has 0 saturated carbocycles. The number of hydrogen-bond acceptors (Lipinski definition) is 5. The van der Waals surface area contributed by atoms with Crippen molar-refractivity contribution in [3.05, 3.63) is 36.4 Å². The SMILES string of the molecule is CC(=O)CCNc1cc(NCc2ccc[nH]2)ncn1. The molecule has 19 heavy (non-hydrogen) atoms. The van der Waals surface area contributed by atoms with Crippen LogP contribution in [-0.4, -0.2) is 27.3 Å². The number of nitrogens with one attached hydrogen (secondary N) is 3. The summed E-state index contributed by atoms with van der Waals surface area (Å²) in [5.41, 5.74) is 1.09. The van der Waals surface area contributed by atoms with Gasteiger partial charge < -0.3 is 15.6 Å². The van der Waals surface area contributed by atoms with Gasteiger partial charge in [-0.15, -0.1) is 0 Å². The molecule has 0 spiro atoms. The topological polar surface area (TPSA) is 82.7 Å². The summed E-state index contributed by atoms with van der Waals surface area (Å²) >= 11 is 0. The van der Waals surface area contributed by atoms with E-state index in [9.17, 15) is 4.79 Å². The molecule has 2 heterocycles. The fraction of sp³-hybridized carbons (Fsp3) is 0.308. The first-order chi connectivity index (χ1) is 9.24. The van der Waals surface area contributed by atoms with Crippen LogP contribution in [0.25, 0.3) is 0 Å². The van der Waals surface area contributed by atoms with Crippen molar-refractivity contribution in [1.82, 2.24) is 15.0 Å². The highest BCUT2D eigenvalue weighted by atomic mass is 16.1. The van der Waals surface area contributed by atoms with Gasteiger partial charge >= 0.3 is 0 Å². The van der Waals surface area contributed by atoms with Crippen LogP contribution >= 0.6 is 0 Å². The Morgan fingerprint density at radius 1 is 1.32 bits per heavy atom. The van der Waals surface area contributed by atoms with Crippen molar-refractivity contribution in [2.24, 2.45) is 0 Å². The molecule has 0 atom stereocenters. The number of aromatic nitrogens is 3. The van der Waals surface area contributed by atoms with Gasteiger partial charge in [-0.3, -0.25) is 4.79 Å². The molecule has 2 aromatic heterocycles. The zero-order valence-electron chi connectivity index (χ0n) is 10.8. The van der Waals surface area contributed by atoms with Gasteiger partial charge in [0.05, 0.1) is 6.54 Å². The minimum absolute atomic E-state index is 0.159. The van der Waals surface area contributed by atoms with Crippen LogP contribution in [0.3, 0.4) is 0 Å². The number of nitrogens with zero attached hydrogens (tertiary/aromatic N) is 2. The van der Waals surface area contributed by atoms with E-state index in [2.05, 4.69) is 25.6 Å². The van der Waals surface area contributed by atoms with Crippen LogP contribution in [0, 0.1) is 0 Å². The smallest absolute Gasteiger partial charge is 0.131 e. The van der Waals surface area contributed by atoms with Gasteiger partial charge in [-0.2, -0.15) is 0 Å². The molecule has 2 rings (SSSR count). The Kier molecular flexibility index (Phi) is 4.49. The van der Waals surface area contributed by atoms with Gasteiger partial charge in [0, 0.05) is 30.9 Å². The Morgan fingerprint density at radius 2 is 2.11 bits per heavy atom. The molecule has 0 amide bonds. The van der Waals surface area contributed by atoms with Gasteiger partial charge in [0.25, 0.3) is 0 Å². The molecule has 0 aliphatic carbocycles. The molecule has 3 N–H and O–H groups in total. The molecule has 0 radical (unpaired) electrons. The molecule has 0 saturated heterocycles. The van der Waals surface area contributed by atoms with Gasteiger partial charge in [-0.25, -0.2) is 9.97 Å². The van der Waals surface area contributed by atoms with E-state index in [1.54, 1.807) is 6.92 Å². The largest absolute Gasteiger partial charge is 0.369 e. The van der Waals surface area contributed by atoms with Crippen LogP contribution < -0.4 is 10.6 Å². The van der Waals surface area contributed by atoms with E-state index in [4.69, 9.17) is 0 Å². The van der Waals surface area contributed by atoms with Crippen LogP contribution in [-0.2, 0) is 11.3 Å². The summed E-state index contributed by atoms with van der Waals surface area (Å²) < 4.78 is 0. The fourth-order valence-corrected chi connectivity index (χ4v) is 1.58. The van der Waals surface area contributed by atoms with E-state index in [1.807, 2.05) is 24.4 Å². The van der Waals surface area contributed by atoms with Crippen LogP contribution in [0.4, 0.5) is 11.6 Å². The highest BCUT2D eigenvalue weighted by Crippen LogP contribution is 2.09. The summed E-state index contributed by atoms with van der Waals surface area (Å²) in [5.74, 6) is 1.62. The van der Waals surface area contributed by atoms with E-state index in [0.29, 0.717) is 25.3 Å². The third kappa shape index (κ3) is 4.42. The molecular weight excluding hydrogens is 242 g/mol. The zero-order valence-corrected chi connectivity index (χ0v) is 10.8. The summed E-state index contributed by atoms with van der Waals surface area (Å²) in [5, 5.41) is 6.29. The van der Waals surface area contributed by atoms with E-state index < -0.39 is 0 Å². The summed E-state index contributed by atoms with van der Waals surface area (Å²) in [6, 6.07) is 5.77. The van der Waals surface area contributed by atoms with Gasteiger partial charge in [0.15, 0.2) is 0 Å². The number of ketones is 1. The number of rotatable bonds is 7. The summed E-state index contributed by atoms with van der Waals surface area (Å²) in [7, 11) is 0. The second-order valence-electron chi connectivity index (χ2n) is 4.22. The Morgan fingerprint density at radius 3 is 2.79 bits per heavy atom. The van der Waals surface area contributed by atoms with E-state index in [0.717, 1.165) is 11.5 Å². The number of Topliss-reactive ketones (excluding diaryl/α,β-unsaturated/α-hetero) is 1. The second kappa shape index (κ2) is 6.53. The minimum atomic E-state index is 0.159. The molecule has 2 aromatic rings. The number of aromatic amines is 1. The van der Waals surface area contributed by atoms with Crippen LogP contribution in [0.15, 0.2) is 30.7 Å². The first kappa shape index (κ1) is 13.1. The summed E-state index contributed by atoms with van der Waals surface area (Å²) in [6.07, 6.45) is 3.87. The molecular formula is C13H17N5O. The molecule has 0 aromatic carbocycles. The van der Waals surface area contributed by atoms with Crippen molar-refractivity contribution in [1.29, 1.82) is 0 Å². The second-order valence-corrected chi connectivity index (χ2v) is 4.22. The van der Waals surface area contributed by atoms with Crippen LogP contribution in [0.5, 0.6) is 0 Å². The van der Waals surface area contributed by atoms with Crippen molar-refractivity contribution in [2.45, 2.75) is 19.9 Å². The molecule has 0 bridgehead atoms. The normalized spacial score (nSPS) is 10.2. The average Bonchev–Trinajstić information content (AvgIpc) is 2.89. The van der Waals surface area contributed by atoms with Gasteiger partial charge in [-0.05, 0) is 19.1 Å². The number of carbonyl (C=O) groups is 1. The van der Waals surface area contributed by atoms with Crippen molar-refractivity contribution >= 4 is 17.4 Å². The highest BCUT2D eigenvalue weighted by Gasteiger charge is 2.00. The quantitative estimate of drug-likeness (QED) is 0.706. The van der Waals surface area contributed by atoms with Crippen LogP contribution in [0.2, 0.25) is 0 Å². The third-order valence-corrected chi connectivity index (χ3v) is 2.57. The third-order valence-electron chi connectivity index (χ3n) is 2.57. The monoisotopic (exact) mass is 259 g/mol.